The average molecular weight is 517 g/mol. The van der Waals surface area contributed by atoms with E-state index in [4.69, 9.17) is 32.7 Å². The number of rotatable bonds is 6. The van der Waals surface area contributed by atoms with Crippen molar-refractivity contribution in [1.29, 1.82) is 0 Å². The lowest BCUT2D eigenvalue weighted by molar-refractivity contribution is -0.121. The number of likely N-dealkylation sites (N-methyl/N-ethyl adjacent to an activating group) is 1. The van der Waals surface area contributed by atoms with Crippen molar-refractivity contribution < 1.29 is 19.1 Å². The molecule has 0 aromatic heterocycles. The van der Waals surface area contributed by atoms with Crippen LogP contribution in [0.4, 0.5) is 4.79 Å². The molecule has 2 aromatic carbocycles. The van der Waals surface area contributed by atoms with Crippen LogP contribution in [0.1, 0.15) is 18.1 Å². The van der Waals surface area contributed by atoms with Gasteiger partial charge in [-0.3, -0.25) is 14.5 Å². The number of halogens is 3. The normalized spacial score (nSPS) is 15.3. The summed E-state index contributed by atoms with van der Waals surface area (Å²) in [7, 11) is 1.46. The van der Waals surface area contributed by atoms with E-state index in [1.54, 1.807) is 30.3 Å². The number of carbonyl (C=O) groups is 2. The first-order valence-corrected chi connectivity index (χ1v) is 10.9. The number of amides is 2. The molecule has 0 atom stereocenters. The molecule has 2 amide bonds. The quantitative estimate of drug-likeness (QED) is 0.416. The van der Waals surface area contributed by atoms with Crippen LogP contribution in [0.25, 0.3) is 6.08 Å². The topological polar surface area (TPSA) is 55.8 Å². The summed E-state index contributed by atoms with van der Waals surface area (Å²) in [6.07, 6.45) is 1.66. The van der Waals surface area contributed by atoms with Crippen molar-refractivity contribution in [2.45, 2.75) is 13.5 Å². The van der Waals surface area contributed by atoms with Gasteiger partial charge in [-0.1, -0.05) is 45.2 Å². The van der Waals surface area contributed by atoms with Crippen LogP contribution in [0.5, 0.6) is 11.5 Å². The predicted molar refractivity (Wildman–Crippen MR) is 120 cm³/mol. The molecule has 1 heterocycles. The summed E-state index contributed by atoms with van der Waals surface area (Å²) in [5, 5.41) is 0.636. The minimum atomic E-state index is -0.329. The lowest BCUT2D eigenvalue weighted by Gasteiger charge is -2.14. The molecule has 0 N–H and O–H groups in total. The van der Waals surface area contributed by atoms with Crippen molar-refractivity contribution in [3.05, 3.63) is 60.9 Å². The zero-order chi connectivity index (χ0) is 21.1. The van der Waals surface area contributed by atoms with E-state index in [9.17, 15) is 9.59 Å². The molecule has 0 radical (unpaired) electrons. The zero-order valence-corrected chi connectivity index (χ0v) is 19.4. The standard InChI is InChI=1S/C20H16BrCl2NO4S/c1-3-27-16-7-12(8-18-19(25)24(2)20(26)29-18)13(21)9-17(16)28-10-11-4-5-14(22)15(23)6-11/h4-9H,3,10H2,1-2H3/b18-8-. The molecule has 9 heteroatoms. The molecule has 0 saturated carbocycles. The highest BCUT2D eigenvalue weighted by Crippen LogP contribution is 2.38. The molecule has 1 aliphatic rings. The number of benzene rings is 2. The van der Waals surface area contributed by atoms with Gasteiger partial charge >= 0.3 is 0 Å². The minimum Gasteiger partial charge on any atom is -0.490 e. The minimum absolute atomic E-state index is 0.275. The molecule has 29 heavy (non-hydrogen) atoms. The Morgan fingerprint density at radius 1 is 1.10 bits per heavy atom. The molecule has 0 unspecified atom stereocenters. The van der Waals surface area contributed by atoms with Gasteiger partial charge < -0.3 is 9.47 Å². The van der Waals surface area contributed by atoms with Crippen molar-refractivity contribution in [2.24, 2.45) is 0 Å². The summed E-state index contributed by atoms with van der Waals surface area (Å²) in [5.74, 6) is 0.730. The van der Waals surface area contributed by atoms with E-state index in [1.807, 2.05) is 13.0 Å². The van der Waals surface area contributed by atoms with Gasteiger partial charge in [-0.15, -0.1) is 0 Å². The first-order chi connectivity index (χ1) is 13.8. The second kappa shape index (κ2) is 9.43. The Kier molecular flexibility index (Phi) is 7.16. The fraction of sp³-hybridized carbons (Fsp3) is 0.200. The van der Waals surface area contributed by atoms with Gasteiger partial charge in [0, 0.05) is 11.5 Å². The van der Waals surface area contributed by atoms with Gasteiger partial charge in [-0.25, -0.2) is 0 Å². The molecule has 2 aromatic rings. The van der Waals surface area contributed by atoms with Crippen LogP contribution in [0.15, 0.2) is 39.7 Å². The Balaban J connectivity index is 1.87. The third-order valence-electron chi connectivity index (χ3n) is 4.01. The van der Waals surface area contributed by atoms with Crippen molar-refractivity contribution in [2.75, 3.05) is 13.7 Å². The maximum absolute atomic E-state index is 12.1. The average Bonchev–Trinajstić information content (AvgIpc) is 2.92. The molecule has 0 bridgehead atoms. The first-order valence-electron chi connectivity index (χ1n) is 8.54. The molecule has 0 aliphatic carbocycles. The van der Waals surface area contributed by atoms with Gasteiger partial charge in [0.1, 0.15) is 6.61 Å². The molecule has 1 aliphatic heterocycles. The largest absolute Gasteiger partial charge is 0.490 e. The van der Waals surface area contributed by atoms with Crippen LogP contribution in [0, 0.1) is 0 Å². The van der Waals surface area contributed by atoms with E-state index in [1.165, 1.54) is 7.05 Å². The van der Waals surface area contributed by atoms with Gasteiger partial charge in [0.2, 0.25) is 0 Å². The molecule has 1 fully saturated rings. The molecular weight excluding hydrogens is 501 g/mol. The highest BCUT2D eigenvalue weighted by molar-refractivity contribution is 9.10. The number of ether oxygens (including phenoxy) is 2. The molecule has 0 spiro atoms. The number of imide groups is 1. The lowest BCUT2D eigenvalue weighted by atomic mass is 10.1. The first kappa shape index (κ1) is 22.0. The van der Waals surface area contributed by atoms with Crippen LogP contribution in [-0.4, -0.2) is 29.7 Å². The number of carbonyl (C=O) groups excluding carboxylic acids is 2. The van der Waals surface area contributed by atoms with Crippen molar-refractivity contribution in [3.63, 3.8) is 0 Å². The fourth-order valence-corrected chi connectivity index (χ4v) is 4.10. The van der Waals surface area contributed by atoms with Gasteiger partial charge in [-0.2, -0.15) is 0 Å². The van der Waals surface area contributed by atoms with E-state index in [0.717, 1.165) is 22.2 Å². The second-order valence-corrected chi connectivity index (χ2v) is 8.69. The van der Waals surface area contributed by atoms with E-state index < -0.39 is 0 Å². The SMILES string of the molecule is CCOc1cc(/C=C2\SC(=O)N(C)C2=O)c(Br)cc1OCc1ccc(Cl)c(Cl)c1. The highest BCUT2D eigenvalue weighted by atomic mass is 79.9. The Labute approximate surface area is 191 Å². The maximum atomic E-state index is 12.1. The maximum Gasteiger partial charge on any atom is 0.293 e. The Hall–Kier alpha value is -1.67. The van der Waals surface area contributed by atoms with E-state index in [0.29, 0.717) is 43.1 Å². The molecule has 5 nitrogen and oxygen atoms in total. The summed E-state index contributed by atoms with van der Waals surface area (Å²) in [6.45, 7) is 2.58. The van der Waals surface area contributed by atoms with Crippen molar-refractivity contribution in [1.82, 2.24) is 4.90 Å². The third kappa shape index (κ3) is 5.09. The second-order valence-electron chi connectivity index (χ2n) is 6.03. The van der Waals surface area contributed by atoms with Gasteiger partial charge in [0.15, 0.2) is 11.5 Å². The number of hydrogen-bond acceptors (Lipinski definition) is 5. The van der Waals surface area contributed by atoms with Crippen LogP contribution in [-0.2, 0) is 11.4 Å². The summed E-state index contributed by atoms with van der Waals surface area (Å²) >= 11 is 16.4. The van der Waals surface area contributed by atoms with Gasteiger partial charge in [0.05, 0.1) is 21.6 Å². The number of hydrogen-bond donors (Lipinski definition) is 0. The van der Waals surface area contributed by atoms with Crippen LogP contribution < -0.4 is 9.47 Å². The molecular formula is C20H16BrCl2NO4S. The monoisotopic (exact) mass is 515 g/mol. The summed E-state index contributed by atoms with van der Waals surface area (Å²) < 4.78 is 12.3. The Morgan fingerprint density at radius 3 is 2.45 bits per heavy atom. The zero-order valence-electron chi connectivity index (χ0n) is 15.5. The van der Waals surface area contributed by atoms with Crippen molar-refractivity contribution in [3.8, 4) is 11.5 Å². The van der Waals surface area contributed by atoms with Crippen LogP contribution >= 0.6 is 50.9 Å². The van der Waals surface area contributed by atoms with E-state index >= 15 is 0 Å². The number of thioether (sulfide) groups is 1. The third-order valence-corrected chi connectivity index (χ3v) is 6.40. The molecule has 152 valence electrons. The molecule has 1 saturated heterocycles. The van der Waals surface area contributed by atoms with E-state index in [2.05, 4.69) is 15.9 Å². The van der Waals surface area contributed by atoms with Gasteiger partial charge in [0.25, 0.3) is 11.1 Å². The Morgan fingerprint density at radius 2 is 1.83 bits per heavy atom. The molecule has 3 rings (SSSR count). The lowest BCUT2D eigenvalue weighted by Crippen LogP contribution is -2.22. The highest BCUT2D eigenvalue weighted by Gasteiger charge is 2.32. The number of nitrogens with zero attached hydrogens (tertiary/aromatic N) is 1. The van der Waals surface area contributed by atoms with Gasteiger partial charge in [-0.05, 0) is 60.2 Å². The summed E-state index contributed by atoms with van der Waals surface area (Å²) in [4.78, 5) is 25.3. The smallest absolute Gasteiger partial charge is 0.293 e. The fourth-order valence-electron chi connectivity index (χ4n) is 2.52. The van der Waals surface area contributed by atoms with Crippen LogP contribution in [0.2, 0.25) is 10.0 Å². The van der Waals surface area contributed by atoms with Crippen molar-refractivity contribution >= 4 is 68.1 Å². The summed E-state index contributed by atoms with van der Waals surface area (Å²) in [5.41, 5.74) is 1.56. The van der Waals surface area contributed by atoms with E-state index in [-0.39, 0.29) is 17.8 Å². The predicted octanol–water partition coefficient (Wildman–Crippen LogP) is 6.40. The van der Waals surface area contributed by atoms with Crippen LogP contribution in [0.3, 0.4) is 0 Å². The Bertz CT molecular complexity index is 1010. The summed E-state index contributed by atoms with van der Waals surface area (Å²) in [6, 6.07) is 8.82.